The van der Waals surface area contributed by atoms with Crippen LogP contribution in [0.15, 0.2) is 41.4 Å². The standard InChI is InChI=1S/C39H68N4O11/c1-4-7-10-22-51-33-40-19-13-25-47-29-39(30-48-26-14-20-41-34-52-23-11-8-5-2,31-49-27-15-21-42-35-53-24-12-9-6-3)32-50-28-18-38(46)54-43-36(44)16-17-37(43)45/h7-12,33,41-42H,4-6,13-32,34-35H2,1-3H3. The van der Waals surface area contributed by atoms with Crippen molar-refractivity contribution in [2.75, 3.05) is 106 Å². The highest BCUT2D eigenvalue weighted by Gasteiger charge is 2.34. The van der Waals surface area contributed by atoms with Crippen LogP contribution in [0.2, 0.25) is 0 Å². The number of allylic oxidation sites excluding steroid dienone is 3. The smallest absolute Gasteiger partial charge is 0.335 e. The van der Waals surface area contributed by atoms with E-state index in [4.69, 9.17) is 38.0 Å². The van der Waals surface area contributed by atoms with E-state index >= 15 is 0 Å². The Labute approximate surface area is 323 Å². The van der Waals surface area contributed by atoms with Crippen molar-refractivity contribution in [1.29, 1.82) is 0 Å². The van der Waals surface area contributed by atoms with E-state index in [0.29, 0.717) is 84.3 Å². The highest BCUT2D eigenvalue weighted by Crippen LogP contribution is 2.22. The summed E-state index contributed by atoms with van der Waals surface area (Å²) >= 11 is 0. The molecule has 0 aromatic heterocycles. The Bertz CT molecular complexity index is 1020. The highest BCUT2D eigenvalue weighted by atomic mass is 16.7. The predicted molar refractivity (Wildman–Crippen MR) is 207 cm³/mol. The number of ether oxygens (including phenoxy) is 7. The molecule has 0 aliphatic carbocycles. The zero-order chi connectivity index (χ0) is 39.2. The quantitative estimate of drug-likeness (QED) is 0.0229. The first-order valence-corrected chi connectivity index (χ1v) is 19.5. The molecule has 1 fully saturated rings. The topological polar surface area (TPSA) is 165 Å². The van der Waals surface area contributed by atoms with Crippen molar-refractivity contribution in [3.05, 3.63) is 36.5 Å². The number of carbonyl (C=O) groups excluding carboxylic acids is 3. The van der Waals surface area contributed by atoms with Gasteiger partial charge >= 0.3 is 5.97 Å². The van der Waals surface area contributed by atoms with Crippen molar-refractivity contribution in [3.63, 3.8) is 0 Å². The Morgan fingerprint density at radius 2 is 1.15 bits per heavy atom. The average Bonchev–Trinajstić information content (AvgIpc) is 3.48. The number of hydrogen-bond acceptors (Lipinski definition) is 14. The van der Waals surface area contributed by atoms with Crippen molar-refractivity contribution in [3.8, 4) is 0 Å². The van der Waals surface area contributed by atoms with Crippen LogP contribution in [0, 0.1) is 5.41 Å². The fourth-order valence-electron chi connectivity index (χ4n) is 4.67. The lowest BCUT2D eigenvalue weighted by atomic mass is 9.92. The van der Waals surface area contributed by atoms with Gasteiger partial charge in [0, 0.05) is 39.2 Å². The van der Waals surface area contributed by atoms with Gasteiger partial charge in [-0.25, -0.2) is 4.79 Å². The van der Waals surface area contributed by atoms with Gasteiger partial charge in [0.25, 0.3) is 11.8 Å². The van der Waals surface area contributed by atoms with Gasteiger partial charge in [-0.2, -0.15) is 0 Å². The summed E-state index contributed by atoms with van der Waals surface area (Å²) in [7, 11) is 0. The van der Waals surface area contributed by atoms with Crippen LogP contribution in [0.4, 0.5) is 0 Å². The molecular formula is C39H68N4O11. The second-order valence-corrected chi connectivity index (χ2v) is 12.6. The summed E-state index contributed by atoms with van der Waals surface area (Å²) in [6.45, 7) is 13.3. The fourth-order valence-corrected chi connectivity index (χ4v) is 4.67. The molecule has 2 N–H and O–H groups in total. The van der Waals surface area contributed by atoms with Gasteiger partial charge in [0.15, 0.2) is 6.40 Å². The lowest BCUT2D eigenvalue weighted by Gasteiger charge is -2.33. The minimum atomic E-state index is -0.727. The van der Waals surface area contributed by atoms with Gasteiger partial charge in [0.05, 0.1) is 71.5 Å². The predicted octanol–water partition coefficient (Wildman–Crippen LogP) is 4.28. The Balaban J connectivity index is 2.73. The molecule has 15 heteroatoms. The number of hydroxylamine groups is 2. The molecule has 1 aliphatic rings. The van der Waals surface area contributed by atoms with E-state index in [2.05, 4.69) is 48.5 Å². The summed E-state index contributed by atoms with van der Waals surface area (Å²) in [5.41, 5.74) is -0.687. The Morgan fingerprint density at radius 1 is 0.667 bits per heavy atom. The molecule has 0 aromatic carbocycles. The number of hydrogen-bond donors (Lipinski definition) is 2. The second kappa shape index (κ2) is 35.7. The lowest BCUT2D eigenvalue weighted by Crippen LogP contribution is -2.42. The zero-order valence-corrected chi connectivity index (χ0v) is 33.1. The van der Waals surface area contributed by atoms with Gasteiger partial charge in [-0.05, 0) is 51.6 Å². The molecule has 1 saturated heterocycles. The number of imide groups is 1. The minimum absolute atomic E-state index is 0.00763. The molecule has 54 heavy (non-hydrogen) atoms. The number of nitrogens with zero attached hydrogens (tertiary/aromatic N) is 2. The molecule has 0 atom stereocenters. The Kier molecular flexibility index (Phi) is 32.4. The van der Waals surface area contributed by atoms with Crippen molar-refractivity contribution in [1.82, 2.24) is 15.7 Å². The maximum Gasteiger partial charge on any atom is 0.335 e. The molecule has 0 radical (unpaired) electrons. The molecule has 0 bridgehead atoms. The normalized spacial score (nSPS) is 14.8. The van der Waals surface area contributed by atoms with E-state index in [1.54, 1.807) is 0 Å². The van der Waals surface area contributed by atoms with Gasteiger partial charge in [0.1, 0.15) is 6.61 Å². The average molecular weight is 769 g/mol. The summed E-state index contributed by atoms with van der Waals surface area (Å²) in [5, 5.41) is 7.04. The van der Waals surface area contributed by atoms with Gasteiger partial charge in [-0.1, -0.05) is 57.2 Å². The summed E-state index contributed by atoms with van der Waals surface area (Å²) in [6.07, 6.45) is 18.7. The van der Waals surface area contributed by atoms with E-state index in [9.17, 15) is 14.4 Å². The Morgan fingerprint density at radius 3 is 1.67 bits per heavy atom. The van der Waals surface area contributed by atoms with Gasteiger partial charge in [0.2, 0.25) is 0 Å². The molecule has 2 amide bonds. The van der Waals surface area contributed by atoms with E-state index < -0.39 is 23.2 Å². The third kappa shape index (κ3) is 27.5. The molecule has 15 nitrogen and oxygen atoms in total. The minimum Gasteiger partial charge on any atom is -0.479 e. The van der Waals surface area contributed by atoms with Crippen LogP contribution in [0.1, 0.15) is 78.6 Å². The van der Waals surface area contributed by atoms with Crippen LogP contribution in [-0.2, 0) is 52.4 Å². The van der Waals surface area contributed by atoms with Crippen LogP contribution < -0.4 is 10.6 Å². The molecule has 1 aliphatic heterocycles. The number of rotatable bonds is 38. The summed E-state index contributed by atoms with van der Waals surface area (Å²) in [5.74, 6) is -1.78. The van der Waals surface area contributed by atoms with E-state index in [1.807, 2.05) is 24.3 Å². The van der Waals surface area contributed by atoms with E-state index in [1.165, 1.54) is 6.40 Å². The first-order valence-electron chi connectivity index (χ1n) is 19.5. The summed E-state index contributed by atoms with van der Waals surface area (Å²) in [6, 6.07) is 0. The number of carbonyl (C=O) groups is 3. The lowest BCUT2D eigenvalue weighted by molar-refractivity contribution is -0.198. The SMILES string of the molecule is CCC=CCOC=NCCCOCC(COCCCNCOCC=CCC)(COCCCNCOCC=CCC)COCCC(=O)ON1C(=O)CCC1=O. The Hall–Kier alpha value is -3.02. The van der Waals surface area contributed by atoms with Crippen molar-refractivity contribution < 1.29 is 52.4 Å². The molecule has 1 rings (SSSR count). The van der Waals surface area contributed by atoms with Crippen LogP contribution in [0.25, 0.3) is 0 Å². The van der Waals surface area contributed by atoms with Gasteiger partial charge in [-0.3, -0.25) is 25.2 Å². The largest absolute Gasteiger partial charge is 0.479 e. The van der Waals surface area contributed by atoms with E-state index in [-0.39, 0.29) is 39.1 Å². The molecule has 0 spiro atoms. The van der Waals surface area contributed by atoms with Crippen molar-refractivity contribution in [2.45, 2.75) is 78.6 Å². The molecule has 0 unspecified atom stereocenters. The molecular weight excluding hydrogens is 700 g/mol. The van der Waals surface area contributed by atoms with Gasteiger partial charge < -0.3 is 38.0 Å². The maximum absolute atomic E-state index is 12.4. The third-order valence-corrected chi connectivity index (χ3v) is 7.53. The zero-order valence-electron chi connectivity index (χ0n) is 33.1. The summed E-state index contributed by atoms with van der Waals surface area (Å²) in [4.78, 5) is 45.3. The maximum atomic E-state index is 12.4. The van der Waals surface area contributed by atoms with Crippen molar-refractivity contribution >= 4 is 24.2 Å². The number of aliphatic imine (C=N–C) groups is 1. The molecule has 1 heterocycles. The van der Waals surface area contributed by atoms with Crippen LogP contribution >= 0.6 is 0 Å². The summed E-state index contributed by atoms with van der Waals surface area (Å²) < 4.78 is 40.9. The molecule has 310 valence electrons. The van der Waals surface area contributed by atoms with Crippen LogP contribution in [0.5, 0.6) is 0 Å². The molecule has 0 aromatic rings. The monoisotopic (exact) mass is 768 g/mol. The van der Waals surface area contributed by atoms with Crippen molar-refractivity contribution in [2.24, 2.45) is 10.4 Å². The molecule has 0 saturated carbocycles. The van der Waals surface area contributed by atoms with E-state index in [0.717, 1.165) is 45.2 Å². The van der Waals surface area contributed by atoms with Crippen LogP contribution in [-0.4, -0.2) is 135 Å². The second-order valence-electron chi connectivity index (χ2n) is 12.6. The number of amides is 2. The fraction of sp³-hybridized carbons (Fsp3) is 0.744. The first-order chi connectivity index (χ1) is 26.5. The first kappa shape index (κ1) is 49.0. The third-order valence-electron chi connectivity index (χ3n) is 7.53. The van der Waals surface area contributed by atoms with Crippen LogP contribution in [0.3, 0.4) is 0 Å². The number of nitrogens with one attached hydrogen (secondary N) is 2. The highest BCUT2D eigenvalue weighted by molar-refractivity contribution is 6.01. The van der Waals surface area contributed by atoms with Gasteiger partial charge in [-0.15, -0.1) is 5.06 Å².